The summed E-state index contributed by atoms with van der Waals surface area (Å²) in [6, 6.07) is 0.382. The molecule has 0 spiro atoms. The van der Waals surface area contributed by atoms with Gasteiger partial charge in [0.05, 0.1) is 18.1 Å². The molecule has 4 nitrogen and oxygen atoms in total. The molecule has 2 saturated heterocycles. The minimum Gasteiger partial charge on any atom is -0.390 e. The molecule has 0 aromatic carbocycles. The molecule has 3 aliphatic carbocycles. The highest BCUT2D eigenvalue weighted by Gasteiger charge is 2.78. The highest BCUT2D eigenvalue weighted by molar-refractivity contribution is 5.85. The molecule has 1 amide bonds. The van der Waals surface area contributed by atoms with Crippen molar-refractivity contribution in [3.8, 4) is 0 Å². The van der Waals surface area contributed by atoms with Gasteiger partial charge in [-0.05, 0) is 37.5 Å². The van der Waals surface area contributed by atoms with E-state index in [1.165, 1.54) is 19.3 Å². The summed E-state index contributed by atoms with van der Waals surface area (Å²) >= 11 is 0. The van der Waals surface area contributed by atoms with E-state index in [1.54, 1.807) is 0 Å². The lowest BCUT2D eigenvalue weighted by Gasteiger charge is -2.44. The second-order valence-electron chi connectivity index (χ2n) is 7.89. The van der Waals surface area contributed by atoms with E-state index >= 15 is 0 Å². The van der Waals surface area contributed by atoms with Crippen LogP contribution in [0.1, 0.15) is 51.9 Å². The highest BCUT2D eigenvalue weighted by atomic mass is 16.6. The van der Waals surface area contributed by atoms with Crippen LogP contribution in [0.2, 0.25) is 0 Å². The Bertz CT molecular complexity index is 488. The van der Waals surface area contributed by atoms with E-state index in [0.29, 0.717) is 23.8 Å². The molecule has 7 atom stereocenters. The van der Waals surface area contributed by atoms with Crippen molar-refractivity contribution in [1.82, 2.24) is 4.90 Å². The van der Waals surface area contributed by atoms with Crippen molar-refractivity contribution in [2.45, 2.75) is 75.8 Å². The van der Waals surface area contributed by atoms with Gasteiger partial charge in [-0.3, -0.25) is 4.79 Å². The molecular formula is C17H25NO3. The number of hydrogen-bond donors (Lipinski definition) is 1. The second kappa shape index (κ2) is 4.02. The molecule has 0 aromatic heterocycles. The number of ether oxygens (including phenoxy) is 1. The Morgan fingerprint density at radius 3 is 2.76 bits per heavy atom. The van der Waals surface area contributed by atoms with E-state index in [4.69, 9.17) is 4.74 Å². The molecule has 0 unspecified atom stereocenters. The molecule has 4 heteroatoms. The monoisotopic (exact) mass is 291 g/mol. The Labute approximate surface area is 125 Å². The number of carbonyl (C=O) groups excluding carboxylic acids is 1. The molecule has 116 valence electrons. The molecule has 2 aliphatic heterocycles. The number of rotatable bonds is 2. The first-order chi connectivity index (χ1) is 10.2. The number of amides is 1. The zero-order valence-corrected chi connectivity index (χ0v) is 12.7. The van der Waals surface area contributed by atoms with E-state index in [9.17, 15) is 9.90 Å². The van der Waals surface area contributed by atoms with E-state index < -0.39 is 6.10 Å². The van der Waals surface area contributed by atoms with Crippen molar-refractivity contribution in [2.75, 3.05) is 0 Å². The first kappa shape index (κ1) is 12.9. The normalized spacial score (nSPS) is 55.0. The second-order valence-corrected chi connectivity index (χ2v) is 7.89. The van der Waals surface area contributed by atoms with Crippen molar-refractivity contribution in [3.05, 3.63) is 0 Å². The van der Waals surface area contributed by atoms with Crippen molar-refractivity contribution in [1.29, 1.82) is 0 Å². The van der Waals surface area contributed by atoms with Crippen LogP contribution in [0.5, 0.6) is 0 Å². The summed E-state index contributed by atoms with van der Waals surface area (Å²) in [6.07, 6.45) is 7.54. The number of hydrogen-bond acceptors (Lipinski definition) is 3. The standard InChI is InChI=1S/C17H25NO3/c1-2-17-13-11-8-10(14(19)15(11)21-17)12(13)16(20)18(17)9-6-4-3-5-7-9/h9-15,19H,2-8H2,1H3/t10-,11-,12-,13+,14+,15-,17-/m0/s1. The van der Waals surface area contributed by atoms with Gasteiger partial charge in [0.2, 0.25) is 5.91 Å². The van der Waals surface area contributed by atoms with Gasteiger partial charge in [0.1, 0.15) is 5.72 Å². The summed E-state index contributed by atoms with van der Waals surface area (Å²) in [6.45, 7) is 2.16. The molecule has 5 aliphatic rings. The van der Waals surface area contributed by atoms with Gasteiger partial charge in [-0.25, -0.2) is 0 Å². The van der Waals surface area contributed by atoms with Crippen LogP contribution in [0.15, 0.2) is 0 Å². The Balaban J connectivity index is 1.58. The zero-order valence-electron chi connectivity index (χ0n) is 12.7. The molecule has 2 heterocycles. The first-order valence-corrected chi connectivity index (χ1v) is 8.88. The predicted molar refractivity (Wildman–Crippen MR) is 76.2 cm³/mol. The Kier molecular flexibility index (Phi) is 2.47. The average Bonchev–Trinajstić information content (AvgIpc) is 3.16. The molecule has 21 heavy (non-hydrogen) atoms. The van der Waals surface area contributed by atoms with Gasteiger partial charge in [-0.15, -0.1) is 0 Å². The van der Waals surface area contributed by atoms with Gasteiger partial charge < -0.3 is 14.7 Å². The van der Waals surface area contributed by atoms with Crippen LogP contribution in [0, 0.1) is 23.7 Å². The maximum atomic E-state index is 13.2. The van der Waals surface area contributed by atoms with Gasteiger partial charge >= 0.3 is 0 Å². The molecule has 2 bridgehead atoms. The fraction of sp³-hybridized carbons (Fsp3) is 0.941. The number of aliphatic hydroxyl groups excluding tert-OH is 1. The van der Waals surface area contributed by atoms with E-state index in [-0.39, 0.29) is 23.7 Å². The maximum absolute atomic E-state index is 13.2. The third-order valence-corrected chi connectivity index (χ3v) is 7.29. The minimum absolute atomic E-state index is 0.00427. The van der Waals surface area contributed by atoms with E-state index in [0.717, 1.165) is 25.7 Å². The fourth-order valence-electron chi connectivity index (χ4n) is 6.63. The quantitative estimate of drug-likeness (QED) is 0.845. The number of aliphatic hydroxyl groups is 1. The largest absolute Gasteiger partial charge is 0.390 e. The van der Waals surface area contributed by atoms with Crippen LogP contribution in [0.25, 0.3) is 0 Å². The van der Waals surface area contributed by atoms with Gasteiger partial charge in [0.15, 0.2) is 0 Å². The summed E-state index contributed by atoms with van der Waals surface area (Å²) in [5, 5.41) is 10.5. The molecule has 5 rings (SSSR count). The fourth-order valence-corrected chi connectivity index (χ4v) is 6.63. The van der Waals surface area contributed by atoms with Gasteiger partial charge in [-0.2, -0.15) is 0 Å². The lowest BCUT2D eigenvalue weighted by Crippen LogP contribution is -2.55. The number of carbonyl (C=O) groups is 1. The molecule has 0 radical (unpaired) electrons. The lowest BCUT2D eigenvalue weighted by molar-refractivity contribution is -0.189. The summed E-state index contributed by atoms with van der Waals surface area (Å²) in [5.74, 6) is 1.30. The van der Waals surface area contributed by atoms with E-state index in [2.05, 4.69) is 11.8 Å². The Hall–Kier alpha value is -0.610. The van der Waals surface area contributed by atoms with Crippen molar-refractivity contribution < 1.29 is 14.6 Å². The molecular weight excluding hydrogens is 266 g/mol. The number of nitrogens with zero attached hydrogens (tertiary/aromatic N) is 1. The maximum Gasteiger partial charge on any atom is 0.229 e. The number of likely N-dealkylation sites (tertiary alicyclic amines) is 1. The van der Waals surface area contributed by atoms with Crippen LogP contribution in [0.4, 0.5) is 0 Å². The SMILES string of the molecule is CC[C@]12O[C@@H]3[C@H](O)[C@H]4C[C@H]3[C@@H]1[C@H]4C(=O)N2C1CCCCC1. The predicted octanol–water partition coefficient (Wildman–Crippen LogP) is 1.91. The van der Waals surface area contributed by atoms with Crippen LogP contribution < -0.4 is 0 Å². The van der Waals surface area contributed by atoms with Crippen molar-refractivity contribution in [2.24, 2.45) is 23.7 Å². The summed E-state index contributed by atoms with van der Waals surface area (Å²) in [5.41, 5.74) is -0.384. The lowest BCUT2D eigenvalue weighted by atomic mass is 9.76. The summed E-state index contributed by atoms with van der Waals surface area (Å²) in [4.78, 5) is 15.3. The van der Waals surface area contributed by atoms with E-state index in [1.807, 2.05) is 0 Å². The van der Waals surface area contributed by atoms with Crippen molar-refractivity contribution >= 4 is 5.91 Å². The average molecular weight is 291 g/mol. The minimum atomic E-state index is -0.401. The van der Waals surface area contributed by atoms with Crippen LogP contribution in [-0.4, -0.2) is 39.9 Å². The molecule has 1 N–H and O–H groups in total. The van der Waals surface area contributed by atoms with Gasteiger partial charge in [0, 0.05) is 12.0 Å². The topological polar surface area (TPSA) is 49.8 Å². The summed E-state index contributed by atoms with van der Waals surface area (Å²) < 4.78 is 6.47. The smallest absolute Gasteiger partial charge is 0.229 e. The zero-order chi connectivity index (χ0) is 14.4. The Morgan fingerprint density at radius 1 is 1.29 bits per heavy atom. The van der Waals surface area contributed by atoms with Gasteiger partial charge in [0.25, 0.3) is 0 Å². The van der Waals surface area contributed by atoms with Crippen LogP contribution >= 0.6 is 0 Å². The summed E-state index contributed by atoms with van der Waals surface area (Å²) in [7, 11) is 0. The van der Waals surface area contributed by atoms with Gasteiger partial charge in [-0.1, -0.05) is 26.2 Å². The molecule has 5 fully saturated rings. The van der Waals surface area contributed by atoms with Crippen molar-refractivity contribution in [3.63, 3.8) is 0 Å². The Morgan fingerprint density at radius 2 is 2.05 bits per heavy atom. The third kappa shape index (κ3) is 1.29. The van der Waals surface area contributed by atoms with Crippen LogP contribution in [0.3, 0.4) is 0 Å². The molecule has 3 saturated carbocycles. The highest BCUT2D eigenvalue weighted by Crippen LogP contribution is 2.68. The third-order valence-electron chi connectivity index (χ3n) is 7.29. The number of fused-ring (bicyclic) bond motifs is 2. The first-order valence-electron chi connectivity index (χ1n) is 8.88. The molecule has 0 aromatic rings. The van der Waals surface area contributed by atoms with Crippen LogP contribution in [-0.2, 0) is 9.53 Å².